The Morgan fingerprint density at radius 3 is 2.86 bits per heavy atom. The minimum Gasteiger partial charge on any atom is -0.362 e. The van der Waals surface area contributed by atoms with Crippen LogP contribution in [0.25, 0.3) is 0 Å². The van der Waals surface area contributed by atoms with Crippen LogP contribution in [0.4, 0.5) is 0 Å². The Kier molecular flexibility index (Phi) is 3.40. The van der Waals surface area contributed by atoms with Crippen molar-refractivity contribution < 1.29 is 0 Å². The highest BCUT2D eigenvalue weighted by molar-refractivity contribution is 5.83. The van der Waals surface area contributed by atoms with Crippen molar-refractivity contribution >= 4 is 5.84 Å². The molecule has 0 aromatic carbocycles. The van der Waals surface area contributed by atoms with Gasteiger partial charge in [-0.1, -0.05) is 0 Å². The lowest BCUT2D eigenvalue weighted by Gasteiger charge is -2.23. The molecule has 14 heavy (non-hydrogen) atoms. The first kappa shape index (κ1) is 9.97. The highest BCUT2D eigenvalue weighted by atomic mass is 15.2. The molecule has 0 aromatic heterocycles. The fourth-order valence-corrected chi connectivity index (χ4v) is 2.35. The maximum Gasteiger partial charge on any atom is 0.0987 e. The molecule has 1 saturated heterocycles. The quantitative estimate of drug-likeness (QED) is 0.730. The minimum atomic E-state index is 0.938. The predicted molar refractivity (Wildman–Crippen MR) is 59.8 cm³/mol. The number of nitrogens with zero attached hydrogens (tertiary/aromatic N) is 2. The van der Waals surface area contributed by atoms with Crippen LogP contribution in [0.2, 0.25) is 0 Å². The minimum absolute atomic E-state index is 0.938. The zero-order chi connectivity index (χ0) is 9.80. The highest BCUT2D eigenvalue weighted by Crippen LogP contribution is 2.19. The molecule has 0 amide bonds. The molecule has 0 radical (unpaired) electrons. The van der Waals surface area contributed by atoms with Crippen molar-refractivity contribution in [2.24, 2.45) is 10.9 Å². The first-order valence-electron chi connectivity index (χ1n) is 5.81. The van der Waals surface area contributed by atoms with Crippen LogP contribution in [0.15, 0.2) is 4.99 Å². The van der Waals surface area contributed by atoms with E-state index >= 15 is 0 Å². The number of rotatable bonds is 3. The third-order valence-corrected chi connectivity index (χ3v) is 3.41. The maximum absolute atomic E-state index is 4.53. The topological polar surface area (TPSA) is 27.6 Å². The zero-order valence-corrected chi connectivity index (χ0v) is 9.13. The third kappa shape index (κ3) is 2.47. The van der Waals surface area contributed by atoms with Crippen LogP contribution in [0, 0.1) is 5.92 Å². The summed E-state index contributed by atoms with van der Waals surface area (Å²) >= 11 is 0. The molecule has 0 bridgehead atoms. The number of likely N-dealkylation sites (N-methyl/N-ethyl adjacent to an activating group) is 1. The van der Waals surface area contributed by atoms with Gasteiger partial charge in [0.15, 0.2) is 0 Å². The van der Waals surface area contributed by atoms with Crippen LogP contribution in [0.3, 0.4) is 0 Å². The number of piperidine rings is 1. The Balaban J connectivity index is 1.70. The molecule has 80 valence electrons. The first-order valence-corrected chi connectivity index (χ1v) is 5.81. The number of hydrogen-bond donors (Lipinski definition) is 1. The lowest BCUT2D eigenvalue weighted by atomic mass is 9.93. The van der Waals surface area contributed by atoms with Gasteiger partial charge in [-0.3, -0.25) is 4.99 Å². The molecular weight excluding hydrogens is 174 g/mol. The largest absolute Gasteiger partial charge is 0.362 e. The van der Waals surface area contributed by atoms with Crippen molar-refractivity contribution in [3.63, 3.8) is 0 Å². The summed E-state index contributed by atoms with van der Waals surface area (Å²) in [5.41, 5.74) is 0. The summed E-state index contributed by atoms with van der Waals surface area (Å²) in [4.78, 5) is 6.83. The molecular formula is C11H21N3. The molecule has 2 aliphatic rings. The number of aliphatic imine (C=N–C) groups is 1. The van der Waals surface area contributed by atoms with Gasteiger partial charge in [0.2, 0.25) is 0 Å². The normalized spacial score (nSPS) is 24.1. The fourth-order valence-electron chi connectivity index (χ4n) is 2.35. The maximum atomic E-state index is 4.53. The van der Waals surface area contributed by atoms with Crippen molar-refractivity contribution in [1.82, 2.24) is 10.2 Å². The van der Waals surface area contributed by atoms with Crippen LogP contribution in [-0.4, -0.2) is 44.0 Å². The van der Waals surface area contributed by atoms with Crippen molar-refractivity contribution in [3.8, 4) is 0 Å². The van der Waals surface area contributed by atoms with E-state index in [4.69, 9.17) is 0 Å². The average Bonchev–Trinajstić information content (AvgIpc) is 2.63. The van der Waals surface area contributed by atoms with Crippen LogP contribution >= 0.6 is 0 Å². The summed E-state index contributed by atoms with van der Waals surface area (Å²) < 4.78 is 0. The van der Waals surface area contributed by atoms with Gasteiger partial charge in [0.05, 0.1) is 12.4 Å². The molecule has 0 atom stereocenters. The lowest BCUT2D eigenvalue weighted by molar-refractivity contribution is 0.355. The van der Waals surface area contributed by atoms with E-state index in [0.29, 0.717) is 0 Å². The van der Waals surface area contributed by atoms with Gasteiger partial charge >= 0.3 is 0 Å². The summed E-state index contributed by atoms with van der Waals surface area (Å²) in [5, 5.41) is 3.41. The van der Waals surface area contributed by atoms with Gasteiger partial charge in [-0.15, -0.1) is 0 Å². The second-order valence-corrected chi connectivity index (χ2v) is 4.45. The van der Waals surface area contributed by atoms with Gasteiger partial charge in [0.25, 0.3) is 0 Å². The van der Waals surface area contributed by atoms with E-state index in [9.17, 15) is 0 Å². The van der Waals surface area contributed by atoms with Gasteiger partial charge in [-0.2, -0.15) is 0 Å². The summed E-state index contributed by atoms with van der Waals surface area (Å²) in [6, 6.07) is 0. The van der Waals surface area contributed by atoms with Crippen LogP contribution < -0.4 is 5.32 Å². The zero-order valence-electron chi connectivity index (χ0n) is 9.13. The predicted octanol–water partition coefficient (Wildman–Crippen LogP) is 1.11. The third-order valence-electron chi connectivity index (χ3n) is 3.41. The SMILES string of the molecule is CN1CCN=C1CCC1CCNCC1. The summed E-state index contributed by atoms with van der Waals surface area (Å²) in [6.45, 7) is 4.57. The number of nitrogens with one attached hydrogen (secondary N) is 1. The molecule has 0 spiro atoms. The van der Waals surface area contributed by atoms with Gasteiger partial charge in [-0.05, 0) is 38.3 Å². The highest BCUT2D eigenvalue weighted by Gasteiger charge is 2.16. The molecule has 0 saturated carbocycles. The lowest BCUT2D eigenvalue weighted by Crippen LogP contribution is -2.29. The summed E-state index contributed by atoms with van der Waals surface area (Å²) in [7, 11) is 2.16. The Morgan fingerprint density at radius 1 is 1.43 bits per heavy atom. The van der Waals surface area contributed by atoms with Crippen molar-refractivity contribution in [2.75, 3.05) is 33.2 Å². The van der Waals surface area contributed by atoms with Crippen molar-refractivity contribution in [3.05, 3.63) is 0 Å². The molecule has 3 nitrogen and oxygen atoms in total. The second kappa shape index (κ2) is 4.78. The molecule has 2 aliphatic heterocycles. The van der Waals surface area contributed by atoms with E-state index in [-0.39, 0.29) is 0 Å². The van der Waals surface area contributed by atoms with Crippen LogP contribution in [0.1, 0.15) is 25.7 Å². The molecule has 2 heterocycles. The molecule has 0 unspecified atom stereocenters. The van der Waals surface area contributed by atoms with E-state index < -0.39 is 0 Å². The van der Waals surface area contributed by atoms with E-state index in [1.54, 1.807) is 0 Å². The summed E-state index contributed by atoms with van der Waals surface area (Å²) in [5.74, 6) is 2.27. The Hall–Kier alpha value is -0.570. The Morgan fingerprint density at radius 2 is 2.21 bits per heavy atom. The molecule has 3 heteroatoms. The van der Waals surface area contributed by atoms with Crippen molar-refractivity contribution in [2.45, 2.75) is 25.7 Å². The monoisotopic (exact) mass is 195 g/mol. The second-order valence-electron chi connectivity index (χ2n) is 4.45. The number of amidine groups is 1. The molecule has 0 aromatic rings. The van der Waals surface area contributed by atoms with Crippen molar-refractivity contribution in [1.29, 1.82) is 0 Å². The molecule has 0 aliphatic carbocycles. The van der Waals surface area contributed by atoms with Gasteiger partial charge < -0.3 is 10.2 Å². The average molecular weight is 195 g/mol. The molecule has 1 N–H and O–H groups in total. The van der Waals surface area contributed by atoms with E-state index in [1.165, 1.54) is 44.6 Å². The number of hydrogen-bond acceptors (Lipinski definition) is 3. The smallest absolute Gasteiger partial charge is 0.0987 e. The molecule has 2 rings (SSSR count). The fraction of sp³-hybridized carbons (Fsp3) is 0.909. The Labute approximate surface area is 86.6 Å². The Bertz CT molecular complexity index is 207. The first-order chi connectivity index (χ1) is 6.86. The van der Waals surface area contributed by atoms with Gasteiger partial charge in [0, 0.05) is 20.0 Å². The molecule has 1 fully saturated rings. The van der Waals surface area contributed by atoms with Crippen LogP contribution in [-0.2, 0) is 0 Å². The standard InChI is InChI=1S/C11H21N3/c1-14-9-8-13-11(14)3-2-10-4-6-12-7-5-10/h10,12H,2-9H2,1H3. The van der Waals surface area contributed by atoms with Gasteiger partial charge in [0.1, 0.15) is 0 Å². The van der Waals surface area contributed by atoms with Crippen LogP contribution in [0.5, 0.6) is 0 Å². The van der Waals surface area contributed by atoms with E-state index in [2.05, 4.69) is 22.3 Å². The summed E-state index contributed by atoms with van der Waals surface area (Å²) in [6.07, 6.45) is 5.25. The van der Waals surface area contributed by atoms with E-state index in [1.807, 2.05) is 0 Å². The van der Waals surface area contributed by atoms with Gasteiger partial charge in [-0.25, -0.2) is 0 Å². The van der Waals surface area contributed by atoms with E-state index in [0.717, 1.165) is 19.0 Å².